The van der Waals surface area contributed by atoms with E-state index in [2.05, 4.69) is 20.9 Å². The van der Waals surface area contributed by atoms with Crippen LogP contribution in [0.2, 0.25) is 0 Å². The molecule has 9 heteroatoms. The zero-order valence-corrected chi connectivity index (χ0v) is 13.4. The Kier molecular flexibility index (Phi) is 4.47. The maximum absolute atomic E-state index is 12.2. The number of nitrogens with one attached hydrogen (secondary N) is 2. The maximum atomic E-state index is 12.2. The molecule has 1 aromatic heterocycles. The average Bonchev–Trinajstić information content (AvgIpc) is 2.99. The van der Waals surface area contributed by atoms with Crippen molar-refractivity contribution in [3.05, 3.63) is 41.7 Å². The monoisotopic (exact) mass is 351 g/mol. The standard InChI is InChI=1S/C16H16F3N5O/c1-24-9-12(8-22-24)10-2-3-11-7-21-23-14(13(11)6-10)15(25)20-5-4-16(17,18)19/h2-3,6,8-9,21H,4-5,7H2,1H3,(H,20,25). The quantitative estimate of drug-likeness (QED) is 0.885. The number of hydrogen-bond acceptors (Lipinski definition) is 4. The van der Waals surface area contributed by atoms with Crippen LogP contribution >= 0.6 is 0 Å². The highest BCUT2D eigenvalue weighted by molar-refractivity contribution is 6.45. The first-order valence-electron chi connectivity index (χ1n) is 7.61. The number of carbonyl (C=O) groups excluding carboxylic acids is 1. The lowest BCUT2D eigenvalue weighted by molar-refractivity contribution is -0.134. The summed E-state index contributed by atoms with van der Waals surface area (Å²) in [5.74, 6) is -0.638. The molecule has 2 aromatic rings. The smallest absolute Gasteiger partial charge is 0.350 e. The minimum Gasteiger partial charge on any atom is -0.350 e. The Bertz CT molecular complexity index is 825. The topological polar surface area (TPSA) is 71.3 Å². The number of alkyl halides is 3. The van der Waals surface area contributed by atoms with E-state index in [1.807, 2.05) is 18.3 Å². The molecule has 2 heterocycles. The fourth-order valence-corrected chi connectivity index (χ4v) is 2.54. The number of aryl methyl sites for hydroxylation is 1. The summed E-state index contributed by atoms with van der Waals surface area (Å²) in [6.07, 6.45) is -1.86. The van der Waals surface area contributed by atoms with Crippen LogP contribution in [0, 0.1) is 0 Å². The van der Waals surface area contributed by atoms with Crippen molar-refractivity contribution < 1.29 is 18.0 Å². The number of amides is 1. The van der Waals surface area contributed by atoms with Gasteiger partial charge in [0, 0.05) is 30.9 Å². The highest BCUT2D eigenvalue weighted by atomic mass is 19.4. The summed E-state index contributed by atoms with van der Waals surface area (Å²) in [4.78, 5) is 12.2. The third-order valence-electron chi connectivity index (χ3n) is 3.77. The number of hydrazone groups is 1. The van der Waals surface area contributed by atoms with E-state index >= 15 is 0 Å². The summed E-state index contributed by atoms with van der Waals surface area (Å²) in [6.45, 7) is -0.0407. The summed E-state index contributed by atoms with van der Waals surface area (Å²) in [7, 11) is 1.80. The van der Waals surface area contributed by atoms with Crippen molar-refractivity contribution >= 4 is 11.6 Å². The van der Waals surface area contributed by atoms with Crippen LogP contribution in [0.1, 0.15) is 17.5 Å². The largest absolute Gasteiger partial charge is 0.390 e. The molecule has 1 amide bonds. The summed E-state index contributed by atoms with van der Waals surface area (Å²) < 4.78 is 38.3. The van der Waals surface area contributed by atoms with Crippen molar-refractivity contribution in [1.29, 1.82) is 0 Å². The van der Waals surface area contributed by atoms with E-state index < -0.39 is 25.0 Å². The molecule has 6 nitrogen and oxygen atoms in total. The third kappa shape index (κ3) is 3.98. The Morgan fingerprint density at radius 2 is 2.16 bits per heavy atom. The molecular formula is C16H16F3N5O. The van der Waals surface area contributed by atoms with Gasteiger partial charge in [-0.15, -0.1) is 0 Å². The van der Waals surface area contributed by atoms with E-state index in [0.717, 1.165) is 16.7 Å². The molecule has 0 saturated heterocycles. The number of rotatable bonds is 4. The zero-order valence-electron chi connectivity index (χ0n) is 13.4. The molecule has 2 N–H and O–H groups in total. The molecular weight excluding hydrogens is 335 g/mol. The number of nitrogens with zero attached hydrogens (tertiary/aromatic N) is 3. The van der Waals surface area contributed by atoms with E-state index in [4.69, 9.17) is 0 Å². The first kappa shape index (κ1) is 17.0. The van der Waals surface area contributed by atoms with Gasteiger partial charge in [0.15, 0.2) is 5.71 Å². The van der Waals surface area contributed by atoms with E-state index in [-0.39, 0.29) is 5.71 Å². The maximum Gasteiger partial charge on any atom is 0.390 e. The number of carbonyl (C=O) groups is 1. The Balaban J connectivity index is 1.81. The molecule has 0 radical (unpaired) electrons. The van der Waals surface area contributed by atoms with Crippen LogP contribution < -0.4 is 10.7 Å². The lowest BCUT2D eigenvalue weighted by Gasteiger charge is -2.18. The fraction of sp³-hybridized carbons (Fsp3) is 0.312. The summed E-state index contributed by atoms with van der Waals surface area (Å²) in [5, 5.41) is 10.4. The van der Waals surface area contributed by atoms with E-state index in [1.54, 1.807) is 24.0 Å². The first-order valence-corrected chi connectivity index (χ1v) is 7.61. The third-order valence-corrected chi connectivity index (χ3v) is 3.77. The SMILES string of the molecule is Cn1cc(-c2ccc3c(c2)C(C(=O)NCCC(F)(F)F)=NNC3)cn1. The van der Waals surface area contributed by atoms with Crippen LogP contribution in [-0.2, 0) is 18.4 Å². The van der Waals surface area contributed by atoms with Crippen LogP contribution in [0.5, 0.6) is 0 Å². The van der Waals surface area contributed by atoms with Gasteiger partial charge in [-0.25, -0.2) is 0 Å². The van der Waals surface area contributed by atoms with Crippen molar-refractivity contribution in [1.82, 2.24) is 20.5 Å². The number of halogens is 3. The van der Waals surface area contributed by atoms with Gasteiger partial charge in [0.2, 0.25) is 0 Å². The van der Waals surface area contributed by atoms with Gasteiger partial charge in [-0.3, -0.25) is 9.48 Å². The molecule has 0 fully saturated rings. The molecule has 0 unspecified atom stereocenters. The highest BCUT2D eigenvalue weighted by Crippen LogP contribution is 2.24. The van der Waals surface area contributed by atoms with E-state index in [1.165, 1.54) is 0 Å². The molecule has 1 aliphatic rings. The van der Waals surface area contributed by atoms with Gasteiger partial charge >= 0.3 is 6.18 Å². The van der Waals surface area contributed by atoms with Crippen LogP contribution in [-0.4, -0.2) is 34.1 Å². The van der Waals surface area contributed by atoms with Crippen molar-refractivity contribution in [3.63, 3.8) is 0 Å². The molecule has 0 aliphatic carbocycles. The normalized spacial score (nSPS) is 13.7. The second kappa shape index (κ2) is 6.58. The van der Waals surface area contributed by atoms with Gasteiger partial charge in [-0.2, -0.15) is 23.4 Å². The predicted octanol–water partition coefficient (Wildman–Crippen LogP) is 1.96. The minimum absolute atomic E-state index is 0.0779. The van der Waals surface area contributed by atoms with Crippen LogP contribution in [0.25, 0.3) is 11.1 Å². The summed E-state index contributed by atoms with van der Waals surface area (Å²) in [6, 6.07) is 5.57. The Hall–Kier alpha value is -2.84. The van der Waals surface area contributed by atoms with Crippen molar-refractivity contribution in [2.75, 3.05) is 6.54 Å². The molecule has 1 aliphatic heterocycles. The van der Waals surface area contributed by atoms with Crippen molar-refractivity contribution in [3.8, 4) is 11.1 Å². The first-order chi connectivity index (χ1) is 11.8. The predicted molar refractivity (Wildman–Crippen MR) is 85.7 cm³/mol. The lowest BCUT2D eigenvalue weighted by Crippen LogP contribution is -2.37. The molecule has 0 spiro atoms. The molecule has 1 aromatic carbocycles. The van der Waals surface area contributed by atoms with Gasteiger partial charge in [-0.1, -0.05) is 12.1 Å². The van der Waals surface area contributed by atoms with Gasteiger partial charge in [0.1, 0.15) is 0 Å². The van der Waals surface area contributed by atoms with E-state index in [9.17, 15) is 18.0 Å². The van der Waals surface area contributed by atoms with Crippen LogP contribution in [0.3, 0.4) is 0 Å². The van der Waals surface area contributed by atoms with Crippen molar-refractivity contribution in [2.45, 2.75) is 19.1 Å². The molecule has 25 heavy (non-hydrogen) atoms. The zero-order chi connectivity index (χ0) is 18.0. The van der Waals surface area contributed by atoms with Crippen molar-refractivity contribution in [2.24, 2.45) is 12.1 Å². The second-order valence-corrected chi connectivity index (χ2v) is 5.69. The number of aromatic nitrogens is 2. The minimum atomic E-state index is -4.31. The number of hydrogen-bond donors (Lipinski definition) is 2. The Labute approximate surface area is 141 Å². The average molecular weight is 351 g/mol. The van der Waals surface area contributed by atoms with Crippen LogP contribution in [0.15, 0.2) is 35.7 Å². The van der Waals surface area contributed by atoms with Gasteiger partial charge in [-0.05, 0) is 17.2 Å². The number of fused-ring (bicyclic) bond motifs is 1. The molecule has 3 rings (SSSR count). The summed E-state index contributed by atoms with van der Waals surface area (Å²) in [5.41, 5.74) is 5.99. The van der Waals surface area contributed by atoms with Gasteiger partial charge in [0.25, 0.3) is 5.91 Å². The molecule has 0 bridgehead atoms. The second-order valence-electron chi connectivity index (χ2n) is 5.69. The number of benzene rings is 1. The van der Waals surface area contributed by atoms with Crippen LogP contribution in [0.4, 0.5) is 13.2 Å². The van der Waals surface area contributed by atoms with Gasteiger partial charge in [0.05, 0.1) is 19.2 Å². The Morgan fingerprint density at radius 1 is 1.36 bits per heavy atom. The molecule has 0 atom stereocenters. The molecule has 0 saturated carbocycles. The highest BCUT2D eigenvalue weighted by Gasteiger charge is 2.28. The Morgan fingerprint density at radius 3 is 2.84 bits per heavy atom. The van der Waals surface area contributed by atoms with Gasteiger partial charge < -0.3 is 10.7 Å². The molecule has 132 valence electrons. The summed E-state index contributed by atoms with van der Waals surface area (Å²) >= 11 is 0. The fourth-order valence-electron chi connectivity index (χ4n) is 2.54. The van der Waals surface area contributed by atoms with E-state index in [0.29, 0.717) is 12.1 Å². The lowest BCUT2D eigenvalue weighted by atomic mass is 9.96.